The molecule has 108 valence electrons. The number of carbonyl (C=O) groups is 1. The highest BCUT2D eigenvalue weighted by molar-refractivity contribution is 7.84. The van der Waals surface area contributed by atoms with Gasteiger partial charge in [0.2, 0.25) is 0 Å². The van der Waals surface area contributed by atoms with Crippen molar-refractivity contribution in [3.8, 4) is 0 Å². The van der Waals surface area contributed by atoms with Crippen LogP contribution >= 0.6 is 11.3 Å². The lowest BCUT2D eigenvalue weighted by molar-refractivity contribution is 0.0944. The van der Waals surface area contributed by atoms with Gasteiger partial charge in [0, 0.05) is 42.9 Å². The lowest BCUT2D eigenvalue weighted by atomic mass is 10.2. The van der Waals surface area contributed by atoms with Crippen LogP contribution < -0.4 is 16.0 Å². The third kappa shape index (κ3) is 4.79. The van der Waals surface area contributed by atoms with Crippen LogP contribution in [0.15, 0.2) is 0 Å². The van der Waals surface area contributed by atoms with Crippen LogP contribution in [-0.2, 0) is 10.8 Å². The van der Waals surface area contributed by atoms with Gasteiger partial charge in [0.1, 0.15) is 10.7 Å². The number of nitrogens with two attached hydrogens (primary N) is 1. The fourth-order valence-electron chi connectivity index (χ4n) is 1.38. The van der Waals surface area contributed by atoms with E-state index >= 15 is 0 Å². The summed E-state index contributed by atoms with van der Waals surface area (Å²) in [5.74, 6) is 0.595. The van der Waals surface area contributed by atoms with Gasteiger partial charge in [-0.25, -0.2) is 4.98 Å². The van der Waals surface area contributed by atoms with Gasteiger partial charge >= 0.3 is 0 Å². The molecule has 0 saturated carbocycles. The Morgan fingerprint density at radius 1 is 1.58 bits per heavy atom. The lowest BCUT2D eigenvalue weighted by Crippen LogP contribution is -2.33. The fourth-order valence-corrected chi connectivity index (χ4v) is 2.87. The zero-order chi connectivity index (χ0) is 14.6. The average molecular weight is 304 g/mol. The molecule has 8 heteroatoms. The number of anilines is 2. The maximum atomic E-state index is 12.0. The molecule has 0 fully saturated rings. The van der Waals surface area contributed by atoms with Crippen LogP contribution in [0.3, 0.4) is 0 Å². The van der Waals surface area contributed by atoms with Crippen molar-refractivity contribution in [2.24, 2.45) is 0 Å². The molecule has 0 saturated heterocycles. The Morgan fingerprint density at radius 3 is 2.68 bits per heavy atom. The van der Waals surface area contributed by atoms with Gasteiger partial charge in [-0.2, -0.15) is 0 Å². The van der Waals surface area contributed by atoms with Crippen LogP contribution in [-0.4, -0.2) is 47.2 Å². The van der Waals surface area contributed by atoms with E-state index in [9.17, 15) is 9.00 Å². The molecule has 1 heterocycles. The molecule has 1 rings (SSSR count). The Bertz CT molecular complexity index is 473. The minimum Gasteiger partial charge on any atom is -0.382 e. The molecule has 1 amide bonds. The first-order chi connectivity index (χ1) is 8.81. The second-order valence-electron chi connectivity index (χ2n) is 4.55. The predicted molar refractivity (Wildman–Crippen MR) is 81.3 cm³/mol. The van der Waals surface area contributed by atoms with Crippen LogP contribution in [0.5, 0.6) is 0 Å². The Balaban J connectivity index is 2.65. The first-order valence-electron chi connectivity index (χ1n) is 5.85. The summed E-state index contributed by atoms with van der Waals surface area (Å²) in [6.45, 7) is 1.88. The first kappa shape index (κ1) is 15.9. The quantitative estimate of drug-likeness (QED) is 0.807. The Kier molecular flexibility index (Phi) is 5.74. The predicted octanol–water partition coefficient (Wildman–Crippen LogP) is 0.678. The van der Waals surface area contributed by atoms with Gasteiger partial charge in [-0.15, -0.1) is 0 Å². The summed E-state index contributed by atoms with van der Waals surface area (Å²) in [4.78, 5) is 18.4. The molecular formula is C11H20N4O2S2. The second kappa shape index (κ2) is 6.85. The van der Waals surface area contributed by atoms with Gasteiger partial charge in [-0.05, 0) is 13.3 Å². The number of rotatable bonds is 6. The molecular weight excluding hydrogens is 284 g/mol. The summed E-state index contributed by atoms with van der Waals surface area (Å²) in [6.07, 6.45) is 2.33. The number of amides is 1. The fraction of sp³-hybridized carbons (Fsp3) is 0.636. The number of nitrogen functional groups attached to an aromatic ring is 1. The molecule has 0 spiro atoms. The topological polar surface area (TPSA) is 88.3 Å². The van der Waals surface area contributed by atoms with E-state index in [0.717, 1.165) is 0 Å². The molecule has 6 nitrogen and oxygen atoms in total. The van der Waals surface area contributed by atoms with Crippen molar-refractivity contribution in [3.05, 3.63) is 4.88 Å². The Morgan fingerprint density at radius 2 is 2.21 bits per heavy atom. The maximum Gasteiger partial charge on any atom is 0.265 e. The zero-order valence-corrected chi connectivity index (χ0v) is 13.2. The standard InChI is InChI=1S/C11H20N4O2S2/c1-7(5-6-19(4)17)13-10(16)8-9(12)14-11(18-8)15(2)3/h7H,5-6,12H2,1-4H3,(H,13,16). The van der Waals surface area contributed by atoms with Crippen molar-refractivity contribution >= 4 is 39.0 Å². The van der Waals surface area contributed by atoms with Crippen LogP contribution in [0.2, 0.25) is 0 Å². The SMILES string of the molecule is CC(CCS(C)=O)NC(=O)c1sc(N(C)C)nc1N. The van der Waals surface area contributed by atoms with E-state index in [1.807, 2.05) is 25.9 Å². The largest absolute Gasteiger partial charge is 0.382 e. The summed E-state index contributed by atoms with van der Waals surface area (Å²) < 4.78 is 11.0. The summed E-state index contributed by atoms with van der Waals surface area (Å²) in [6, 6.07) is -0.0410. The van der Waals surface area contributed by atoms with Crippen molar-refractivity contribution < 1.29 is 9.00 Å². The molecule has 19 heavy (non-hydrogen) atoms. The summed E-state index contributed by atoms with van der Waals surface area (Å²) >= 11 is 1.26. The summed E-state index contributed by atoms with van der Waals surface area (Å²) in [5.41, 5.74) is 5.74. The number of carbonyl (C=O) groups excluding carboxylic acids is 1. The van der Waals surface area contributed by atoms with E-state index < -0.39 is 10.8 Å². The molecule has 0 aliphatic heterocycles. The molecule has 0 aliphatic carbocycles. The van der Waals surface area contributed by atoms with Gasteiger partial charge in [0.15, 0.2) is 5.13 Å². The molecule has 0 radical (unpaired) electrons. The highest BCUT2D eigenvalue weighted by atomic mass is 32.2. The van der Waals surface area contributed by atoms with E-state index in [0.29, 0.717) is 22.2 Å². The van der Waals surface area contributed by atoms with E-state index in [-0.39, 0.29) is 17.8 Å². The lowest BCUT2D eigenvalue weighted by Gasteiger charge is -2.12. The summed E-state index contributed by atoms with van der Waals surface area (Å²) in [5, 5.41) is 3.54. The molecule has 0 aliphatic rings. The highest BCUT2D eigenvalue weighted by Crippen LogP contribution is 2.26. The zero-order valence-electron chi connectivity index (χ0n) is 11.6. The number of aromatic nitrogens is 1. The number of hydrogen-bond donors (Lipinski definition) is 2. The molecule has 0 aromatic carbocycles. The molecule has 2 unspecified atom stereocenters. The first-order valence-corrected chi connectivity index (χ1v) is 8.40. The van der Waals surface area contributed by atoms with Crippen molar-refractivity contribution in [1.29, 1.82) is 0 Å². The minimum absolute atomic E-state index is 0.0410. The normalized spacial score (nSPS) is 13.9. The molecule has 1 aromatic rings. The van der Waals surface area contributed by atoms with Gasteiger partial charge < -0.3 is 16.0 Å². The van der Waals surface area contributed by atoms with Crippen LogP contribution in [0.25, 0.3) is 0 Å². The molecule has 0 bridgehead atoms. The maximum absolute atomic E-state index is 12.0. The molecule has 1 aromatic heterocycles. The highest BCUT2D eigenvalue weighted by Gasteiger charge is 2.18. The number of nitrogens with one attached hydrogen (secondary N) is 1. The van der Waals surface area contributed by atoms with Crippen molar-refractivity contribution in [2.75, 3.05) is 36.7 Å². The summed E-state index contributed by atoms with van der Waals surface area (Å²) in [7, 11) is 2.85. The molecule has 3 N–H and O–H groups in total. The van der Waals surface area contributed by atoms with Gasteiger partial charge in [0.25, 0.3) is 5.91 Å². The van der Waals surface area contributed by atoms with E-state index in [2.05, 4.69) is 10.3 Å². The van der Waals surface area contributed by atoms with Gasteiger partial charge in [-0.1, -0.05) is 11.3 Å². The third-order valence-corrected chi connectivity index (χ3v) is 4.49. The second-order valence-corrected chi connectivity index (χ2v) is 7.08. The van der Waals surface area contributed by atoms with Crippen LogP contribution in [0.1, 0.15) is 23.0 Å². The minimum atomic E-state index is -0.844. The van der Waals surface area contributed by atoms with Gasteiger partial charge in [0.05, 0.1) is 0 Å². The Labute approximate surface area is 119 Å². The van der Waals surface area contributed by atoms with E-state index in [4.69, 9.17) is 5.73 Å². The number of thiazole rings is 1. The Hall–Kier alpha value is -1.15. The van der Waals surface area contributed by atoms with E-state index in [1.54, 1.807) is 6.26 Å². The van der Waals surface area contributed by atoms with Crippen molar-refractivity contribution in [3.63, 3.8) is 0 Å². The average Bonchev–Trinajstić information content (AvgIpc) is 2.69. The van der Waals surface area contributed by atoms with Crippen LogP contribution in [0, 0.1) is 0 Å². The third-order valence-electron chi connectivity index (χ3n) is 2.45. The van der Waals surface area contributed by atoms with Crippen molar-refractivity contribution in [1.82, 2.24) is 10.3 Å². The molecule has 2 atom stereocenters. The van der Waals surface area contributed by atoms with Gasteiger partial charge in [-0.3, -0.25) is 9.00 Å². The van der Waals surface area contributed by atoms with Crippen LogP contribution in [0.4, 0.5) is 10.9 Å². The number of hydrogen-bond acceptors (Lipinski definition) is 6. The van der Waals surface area contributed by atoms with E-state index in [1.165, 1.54) is 11.3 Å². The smallest absolute Gasteiger partial charge is 0.265 e. The van der Waals surface area contributed by atoms with Crippen molar-refractivity contribution in [2.45, 2.75) is 19.4 Å². The number of nitrogens with zero attached hydrogens (tertiary/aromatic N) is 2. The monoisotopic (exact) mass is 304 g/mol.